The molecule has 2 aromatic carbocycles. The molecule has 0 aliphatic carbocycles. The minimum absolute atomic E-state index is 0.0141. The lowest BCUT2D eigenvalue weighted by molar-refractivity contribution is -0.384. The van der Waals surface area contributed by atoms with E-state index >= 15 is 0 Å². The van der Waals surface area contributed by atoms with Gasteiger partial charge in [0.2, 0.25) is 0 Å². The molecule has 0 saturated carbocycles. The molecule has 1 aliphatic heterocycles. The zero-order chi connectivity index (χ0) is 19.4. The average molecular weight is 366 g/mol. The molecule has 0 saturated heterocycles. The van der Waals surface area contributed by atoms with Gasteiger partial charge in [0.05, 0.1) is 16.2 Å². The smallest absolute Gasteiger partial charge is 0.269 e. The third kappa shape index (κ3) is 3.88. The molecule has 27 heavy (non-hydrogen) atoms. The number of benzene rings is 2. The second kappa shape index (κ2) is 8.09. The minimum atomic E-state index is -0.443. The van der Waals surface area contributed by atoms with Crippen LogP contribution < -0.4 is 0 Å². The monoisotopic (exact) mass is 366 g/mol. The number of carbonyl (C=O) groups excluding carboxylic acids is 1. The highest BCUT2D eigenvalue weighted by Gasteiger charge is 2.33. The van der Waals surface area contributed by atoms with Crippen molar-refractivity contribution in [2.24, 2.45) is 4.99 Å². The Morgan fingerprint density at radius 1 is 1.04 bits per heavy atom. The summed E-state index contributed by atoms with van der Waals surface area (Å²) in [5.74, 6) is 0.537. The third-order valence-corrected chi connectivity index (χ3v) is 4.73. The first-order valence-corrected chi connectivity index (χ1v) is 9.02. The van der Waals surface area contributed by atoms with Crippen molar-refractivity contribution >= 4 is 23.1 Å². The number of hydrogen-bond acceptors (Lipinski definition) is 5. The molecule has 1 heterocycles. The maximum atomic E-state index is 12.9. The van der Waals surface area contributed by atoms with E-state index in [9.17, 15) is 14.9 Å². The number of nitro benzene ring substituents is 1. The lowest BCUT2D eigenvalue weighted by atomic mass is 10.1. The zero-order valence-electron chi connectivity index (χ0n) is 15.5. The predicted molar refractivity (Wildman–Crippen MR) is 105 cm³/mol. The number of amidine groups is 1. The van der Waals surface area contributed by atoms with Crippen molar-refractivity contribution in [3.8, 4) is 0 Å². The van der Waals surface area contributed by atoms with Gasteiger partial charge < -0.3 is 4.90 Å². The summed E-state index contributed by atoms with van der Waals surface area (Å²) in [6, 6.07) is 13.4. The van der Waals surface area contributed by atoms with E-state index in [1.165, 1.54) is 12.1 Å². The Hall–Kier alpha value is -3.06. The third-order valence-electron chi connectivity index (χ3n) is 4.73. The Morgan fingerprint density at radius 2 is 1.67 bits per heavy atom. The van der Waals surface area contributed by atoms with Gasteiger partial charge in [-0.3, -0.25) is 19.8 Å². The van der Waals surface area contributed by atoms with Crippen molar-refractivity contribution in [3.63, 3.8) is 0 Å². The standard InChI is InChI=1S/C20H22N4O3/c1-3-22(4-2)13-14-23-19(17-7-5-6-8-18(17)20(23)25)21-15-9-11-16(12-10-15)24(26)27/h5-12H,3-4,13-14H2,1-2H3. The summed E-state index contributed by atoms with van der Waals surface area (Å²) in [5.41, 5.74) is 2.02. The van der Waals surface area contributed by atoms with Gasteiger partial charge in [-0.25, -0.2) is 4.99 Å². The van der Waals surface area contributed by atoms with Crippen molar-refractivity contribution in [2.45, 2.75) is 13.8 Å². The van der Waals surface area contributed by atoms with Gasteiger partial charge in [0.25, 0.3) is 11.6 Å². The van der Waals surface area contributed by atoms with Crippen LogP contribution in [0.25, 0.3) is 0 Å². The van der Waals surface area contributed by atoms with Crippen LogP contribution in [0.1, 0.15) is 29.8 Å². The molecular weight excluding hydrogens is 344 g/mol. The van der Waals surface area contributed by atoms with Crippen LogP contribution >= 0.6 is 0 Å². The van der Waals surface area contributed by atoms with Gasteiger partial charge in [0, 0.05) is 30.8 Å². The quantitative estimate of drug-likeness (QED) is 0.555. The molecular formula is C20H22N4O3. The number of amides is 1. The van der Waals surface area contributed by atoms with Gasteiger partial charge in [0.1, 0.15) is 5.84 Å². The summed E-state index contributed by atoms with van der Waals surface area (Å²) in [5, 5.41) is 10.8. The SMILES string of the molecule is CCN(CC)CCN1C(=O)c2ccccc2C1=Nc1ccc([N+](=O)[O-])cc1. The van der Waals surface area contributed by atoms with Crippen molar-refractivity contribution < 1.29 is 9.72 Å². The van der Waals surface area contributed by atoms with E-state index in [4.69, 9.17) is 0 Å². The fourth-order valence-electron chi connectivity index (χ4n) is 3.13. The first-order chi connectivity index (χ1) is 13.0. The van der Waals surface area contributed by atoms with Crippen LogP contribution in [0.4, 0.5) is 11.4 Å². The molecule has 7 nitrogen and oxygen atoms in total. The molecule has 0 unspecified atom stereocenters. The molecule has 0 spiro atoms. The molecule has 1 aliphatic rings. The number of hydrogen-bond donors (Lipinski definition) is 0. The first kappa shape index (κ1) is 18.7. The van der Waals surface area contributed by atoms with Crippen molar-refractivity contribution in [2.75, 3.05) is 26.2 Å². The van der Waals surface area contributed by atoms with E-state index in [-0.39, 0.29) is 11.6 Å². The lowest BCUT2D eigenvalue weighted by Crippen LogP contribution is -2.38. The molecule has 0 aromatic heterocycles. The van der Waals surface area contributed by atoms with E-state index in [1.54, 1.807) is 23.1 Å². The second-order valence-electron chi connectivity index (χ2n) is 6.24. The van der Waals surface area contributed by atoms with Crippen LogP contribution in [0.2, 0.25) is 0 Å². The van der Waals surface area contributed by atoms with Gasteiger partial charge in [-0.2, -0.15) is 0 Å². The van der Waals surface area contributed by atoms with E-state index in [0.717, 1.165) is 25.2 Å². The summed E-state index contributed by atoms with van der Waals surface area (Å²) in [6.45, 7) is 7.32. The fourth-order valence-corrected chi connectivity index (χ4v) is 3.13. The topological polar surface area (TPSA) is 79.0 Å². The highest BCUT2D eigenvalue weighted by molar-refractivity contribution is 6.23. The van der Waals surface area contributed by atoms with Crippen LogP contribution in [-0.2, 0) is 0 Å². The molecule has 0 N–H and O–H groups in total. The molecule has 0 bridgehead atoms. The molecule has 0 fully saturated rings. The Morgan fingerprint density at radius 3 is 2.26 bits per heavy atom. The fraction of sp³-hybridized carbons (Fsp3) is 0.300. The molecule has 140 valence electrons. The average Bonchev–Trinajstić information content (AvgIpc) is 2.95. The number of carbonyl (C=O) groups is 1. The maximum Gasteiger partial charge on any atom is 0.269 e. The van der Waals surface area contributed by atoms with Crippen LogP contribution in [0.3, 0.4) is 0 Å². The summed E-state index contributed by atoms with van der Waals surface area (Å²) in [6.07, 6.45) is 0. The normalized spacial score (nSPS) is 14.9. The summed E-state index contributed by atoms with van der Waals surface area (Å²) >= 11 is 0. The van der Waals surface area contributed by atoms with Crippen molar-refractivity contribution in [1.82, 2.24) is 9.80 Å². The predicted octanol–water partition coefficient (Wildman–Crippen LogP) is 3.47. The lowest BCUT2D eigenvalue weighted by Gasteiger charge is -2.23. The molecule has 1 amide bonds. The highest BCUT2D eigenvalue weighted by Crippen LogP contribution is 2.27. The number of likely N-dealkylation sites (N-methyl/N-ethyl adjacent to an activating group) is 1. The van der Waals surface area contributed by atoms with Gasteiger partial charge in [-0.05, 0) is 31.3 Å². The van der Waals surface area contributed by atoms with Gasteiger partial charge >= 0.3 is 0 Å². The van der Waals surface area contributed by atoms with Crippen LogP contribution in [-0.4, -0.2) is 52.6 Å². The molecule has 3 rings (SSSR count). The number of nitro groups is 1. The largest absolute Gasteiger partial charge is 0.302 e. The Balaban J connectivity index is 1.94. The maximum absolute atomic E-state index is 12.9. The van der Waals surface area contributed by atoms with E-state index < -0.39 is 4.92 Å². The highest BCUT2D eigenvalue weighted by atomic mass is 16.6. The molecule has 2 aromatic rings. The van der Waals surface area contributed by atoms with Gasteiger partial charge in [-0.1, -0.05) is 32.0 Å². The summed E-state index contributed by atoms with van der Waals surface area (Å²) < 4.78 is 0. The van der Waals surface area contributed by atoms with Gasteiger partial charge in [0.15, 0.2) is 0 Å². The first-order valence-electron chi connectivity index (χ1n) is 9.02. The van der Waals surface area contributed by atoms with E-state index in [1.807, 2.05) is 18.2 Å². The summed E-state index contributed by atoms with van der Waals surface area (Å²) in [4.78, 5) is 31.8. The Bertz CT molecular complexity index is 873. The summed E-state index contributed by atoms with van der Waals surface area (Å²) in [7, 11) is 0. The number of nitrogens with zero attached hydrogens (tertiary/aromatic N) is 4. The van der Waals surface area contributed by atoms with Crippen molar-refractivity contribution in [1.29, 1.82) is 0 Å². The van der Waals surface area contributed by atoms with E-state index in [2.05, 4.69) is 23.7 Å². The molecule has 7 heteroatoms. The van der Waals surface area contributed by atoms with Crippen LogP contribution in [0.5, 0.6) is 0 Å². The number of aliphatic imine (C=N–C) groups is 1. The van der Waals surface area contributed by atoms with Gasteiger partial charge in [-0.15, -0.1) is 0 Å². The zero-order valence-corrected chi connectivity index (χ0v) is 15.5. The number of non-ortho nitro benzene ring substituents is 1. The van der Waals surface area contributed by atoms with E-state index in [0.29, 0.717) is 23.6 Å². The molecule has 0 atom stereocenters. The van der Waals surface area contributed by atoms with Crippen LogP contribution in [0, 0.1) is 10.1 Å². The number of rotatable bonds is 7. The second-order valence-corrected chi connectivity index (χ2v) is 6.24. The number of fused-ring (bicyclic) bond motifs is 1. The minimum Gasteiger partial charge on any atom is -0.302 e. The Labute approximate surface area is 158 Å². The van der Waals surface area contributed by atoms with Crippen LogP contribution in [0.15, 0.2) is 53.5 Å². The molecule has 0 radical (unpaired) electrons. The Kier molecular flexibility index (Phi) is 5.61. The van der Waals surface area contributed by atoms with Crippen molar-refractivity contribution in [3.05, 3.63) is 69.8 Å².